The van der Waals surface area contributed by atoms with Crippen molar-refractivity contribution in [3.05, 3.63) is 63.1 Å². The van der Waals surface area contributed by atoms with Gasteiger partial charge < -0.3 is 9.30 Å². The first-order valence-corrected chi connectivity index (χ1v) is 9.22. The fourth-order valence-corrected chi connectivity index (χ4v) is 3.87. The van der Waals surface area contributed by atoms with Crippen molar-refractivity contribution in [3.8, 4) is 5.75 Å². The lowest BCUT2D eigenvalue weighted by atomic mass is 10.2. The van der Waals surface area contributed by atoms with Gasteiger partial charge in [-0.15, -0.1) is 6.58 Å². The second-order valence-electron chi connectivity index (χ2n) is 5.63. The highest BCUT2D eigenvalue weighted by atomic mass is 32.1. The molecule has 3 rings (SSSR count). The minimum Gasteiger partial charge on any atom is -0.493 e. The Morgan fingerprint density at radius 2 is 2.20 bits per heavy atom. The van der Waals surface area contributed by atoms with Crippen LogP contribution in [0.5, 0.6) is 5.75 Å². The van der Waals surface area contributed by atoms with E-state index in [2.05, 4.69) is 11.6 Å². The van der Waals surface area contributed by atoms with Crippen molar-refractivity contribution in [3.63, 3.8) is 0 Å². The molecule has 1 aromatic carbocycles. The molecule has 0 bridgehead atoms. The quantitative estimate of drug-likeness (QED) is 0.357. The maximum absolute atomic E-state index is 12.6. The first-order valence-electron chi connectivity index (χ1n) is 8.00. The van der Waals surface area contributed by atoms with E-state index in [9.17, 15) is 4.79 Å². The van der Waals surface area contributed by atoms with Crippen molar-refractivity contribution in [1.29, 1.82) is 0 Å². The third kappa shape index (κ3) is 3.72. The highest BCUT2D eigenvalue weighted by Gasteiger charge is 2.11. The molecule has 0 atom stereocenters. The van der Waals surface area contributed by atoms with E-state index in [-0.39, 0.29) is 5.56 Å². The van der Waals surface area contributed by atoms with E-state index < -0.39 is 0 Å². The third-order valence-electron chi connectivity index (χ3n) is 3.85. The third-order valence-corrected chi connectivity index (χ3v) is 5.28. The number of hydrogen-bond acceptors (Lipinski definition) is 5. The van der Waals surface area contributed by atoms with Crippen LogP contribution in [0.15, 0.2) is 48.0 Å². The van der Waals surface area contributed by atoms with Crippen molar-refractivity contribution in [2.45, 2.75) is 26.4 Å². The van der Waals surface area contributed by atoms with Crippen LogP contribution in [0.25, 0.3) is 10.3 Å². The summed E-state index contributed by atoms with van der Waals surface area (Å²) in [4.78, 5) is 17.0. The first-order chi connectivity index (χ1) is 12.1. The molecule has 0 aliphatic carbocycles. The molecular formula is C18H19N3O2S2. The highest BCUT2D eigenvalue weighted by molar-refractivity contribution is 7.73. The Hall–Kier alpha value is -2.25. The smallest absolute Gasteiger partial charge is 0.272 e. The molecule has 3 aromatic rings. The van der Waals surface area contributed by atoms with Gasteiger partial charge in [0.05, 0.1) is 12.9 Å². The van der Waals surface area contributed by atoms with Crippen molar-refractivity contribution < 1.29 is 4.74 Å². The number of rotatable bonds is 7. The van der Waals surface area contributed by atoms with Gasteiger partial charge in [0.1, 0.15) is 10.4 Å². The van der Waals surface area contributed by atoms with Gasteiger partial charge in [0, 0.05) is 13.1 Å². The molecule has 0 amide bonds. The lowest BCUT2D eigenvalue weighted by molar-refractivity contribution is 0.299. The maximum Gasteiger partial charge on any atom is 0.272 e. The molecule has 0 radical (unpaired) electrons. The fraction of sp³-hybridized carbons (Fsp3) is 0.278. The van der Waals surface area contributed by atoms with E-state index in [0.29, 0.717) is 34.0 Å². The molecule has 130 valence electrons. The highest BCUT2D eigenvalue weighted by Crippen LogP contribution is 2.18. The monoisotopic (exact) mass is 373 g/mol. The number of thiazole rings is 1. The van der Waals surface area contributed by atoms with Crippen LogP contribution in [0.2, 0.25) is 0 Å². The number of para-hydroxylation sites is 1. The maximum atomic E-state index is 12.6. The molecule has 0 unspecified atom stereocenters. The van der Waals surface area contributed by atoms with E-state index in [1.807, 2.05) is 35.8 Å². The van der Waals surface area contributed by atoms with Crippen molar-refractivity contribution in [2.24, 2.45) is 0 Å². The molecule has 0 spiro atoms. The molecule has 0 aliphatic rings. The standard InChI is InChI=1S/C18H19N3O2S2/c1-3-9-21-16-15(25-18(21)24)17(22)20(12-19-16)10-6-11-23-14-8-5-4-7-13(14)2/h3-5,7-8,12H,1,6,9-11H2,2H3. The lowest BCUT2D eigenvalue weighted by Crippen LogP contribution is -2.21. The van der Waals surface area contributed by atoms with Gasteiger partial charge in [0.25, 0.3) is 5.56 Å². The number of aromatic nitrogens is 3. The Labute approximate surface area is 154 Å². The first kappa shape index (κ1) is 17.6. The van der Waals surface area contributed by atoms with Crippen LogP contribution < -0.4 is 10.3 Å². The van der Waals surface area contributed by atoms with Gasteiger partial charge >= 0.3 is 0 Å². The van der Waals surface area contributed by atoms with Crippen LogP contribution in [0, 0.1) is 10.9 Å². The topological polar surface area (TPSA) is 49.0 Å². The number of benzene rings is 1. The average molecular weight is 374 g/mol. The Morgan fingerprint density at radius 3 is 2.96 bits per heavy atom. The Balaban J connectivity index is 1.71. The van der Waals surface area contributed by atoms with E-state index in [1.54, 1.807) is 17.0 Å². The average Bonchev–Trinajstić information content (AvgIpc) is 2.92. The van der Waals surface area contributed by atoms with Crippen LogP contribution >= 0.6 is 23.6 Å². The molecule has 0 saturated carbocycles. The van der Waals surface area contributed by atoms with Gasteiger partial charge in [0.2, 0.25) is 0 Å². The minimum absolute atomic E-state index is 0.0557. The number of hydrogen-bond donors (Lipinski definition) is 0. The molecule has 2 heterocycles. The Morgan fingerprint density at radius 1 is 1.40 bits per heavy atom. The summed E-state index contributed by atoms with van der Waals surface area (Å²) in [6.07, 6.45) is 4.05. The molecule has 7 heteroatoms. The van der Waals surface area contributed by atoms with Gasteiger partial charge in [-0.3, -0.25) is 9.36 Å². The summed E-state index contributed by atoms with van der Waals surface area (Å²) in [7, 11) is 0. The van der Waals surface area contributed by atoms with Gasteiger partial charge in [0.15, 0.2) is 9.60 Å². The van der Waals surface area contributed by atoms with E-state index in [1.165, 1.54) is 11.3 Å². The van der Waals surface area contributed by atoms with Crippen LogP contribution in [-0.4, -0.2) is 20.7 Å². The van der Waals surface area contributed by atoms with Gasteiger partial charge in [-0.05, 0) is 37.2 Å². The van der Waals surface area contributed by atoms with E-state index in [0.717, 1.165) is 17.7 Å². The van der Waals surface area contributed by atoms with Crippen molar-refractivity contribution in [2.75, 3.05) is 6.61 Å². The van der Waals surface area contributed by atoms with E-state index >= 15 is 0 Å². The summed E-state index contributed by atoms with van der Waals surface area (Å²) in [5.41, 5.74) is 1.68. The summed E-state index contributed by atoms with van der Waals surface area (Å²) in [5, 5.41) is 0. The van der Waals surface area contributed by atoms with Crippen LogP contribution in [0.1, 0.15) is 12.0 Å². The number of fused-ring (bicyclic) bond motifs is 1. The number of allylic oxidation sites excluding steroid dienone is 1. The summed E-state index contributed by atoms with van der Waals surface area (Å²) in [6, 6.07) is 7.89. The van der Waals surface area contributed by atoms with Crippen molar-refractivity contribution in [1.82, 2.24) is 14.1 Å². The SMILES string of the molecule is C=CCn1c(=S)sc2c(=O)n(CCCOc3ccccc3C)cnc21. The predicted octanol–water partition coefficient (Wildman–Crippen LogP) is 3.95. The molecule has 0 aliphatic heterocycles. The van der Waals surface area contributed by atoms with Gasteiger partial charge in [-0.1, -0.05) is 35.6 Å². The lowest BCUT2D eigenvalue weighted by Gasteiger charge is -2.09. The molecule has 25 heavy (non-hydrogen) atoms. The number of nitrogens with zero attached hydrogens (tertiary/aromatic N) is 3. The molecule has 0 N–H and O–H groups in total. The molecule has 5 nitrogen and oxygen atoms in total. The van der Waals surface area contributed by atoms with Gasteiger partial charge in [-0.25, -0.2) is 4.98 Å². The molecule has 0 fully saturated rings. The molecule has 0 saturated heterocycles. The summed E-state index contributed by atoms with van der Waals surface area (Å²) >= 11 is 6.62. The molecule has 2 aromatic heterocycles. The second kappa shape index (κ2) is 7.76. The largest absolute Gasteiger partial charge is 0.493 e. The normalized spacial score (nSPS) is 10.9. The predicted molar refractivity (Wildman–Crippen MR) is 104 cm³/mol. The zero-order valence-corrected chi connectivity index (χ0v) is 15.6. The van der Waals surface area contributed by atoms with Crippen LogP contribution in [0.3, 0.4) is 0 Å². The molecular weight excluding hydrogens is 354 g/mol. The number of ether oxygens (including phenoxy) is 1. The van der Waals surface area contributed by atoms with Gasteiger partial charge in [-0.2, -0.15) is 0 Å². The number of aryl methyl sites for hydroxylation is 2. The van der Waals surface area contributed by atoms with Crippen LogP contribution in [-0.2, 0) is 13.1 Å². The zero-order valence-electron chi connectivity index (χ0n) is 14.0. The zero-order chi connectivity index (χ0) is 17.8. The summed E-state index contributed by atoms with van der Waals surface area (Å²) < 4.78 is 10.5. The second-order valence-corrected chi connectivity index (χ2v) is 7.27. The Kier molecular flexibility index (Phi) is 5.45. The van der Waals surface area contributed by atoms with Crippen LogP contribution in [0.4, 0.5) is 0 Å². The van der Waals surface area contributed by atoms with E-state index in [4.69, 9.17) is 17.0 Å². The van der Waals surface area contributed by atoms with Crippen molar-refractivity contribution >= 4 is 33.9 Å². The minimum atomic E-state index is -0.0557. The fourth-order valence-electron chi connectivity index (χ4n) is 2.56. The Bertz CT molecular complexity index is 1020. The summed E-state index contributed by atoms with van der Waals surface area (Å²) in [6.45, 7) is 7.38. The summed E-state index contributed by atoms with van der Waals surface area (Å²) in [5.74, 6) is 0.878.